The molecular weight excluding hydrogens is 1070 g/mol. The fourth-order valence-electron chi connectivity index (χ4n) is 9.84. The van der Waals surface area contributed by atoms with Gasteiger partial charge in [-0.3, -0.25) is 18.6 Å². The van der Waals surface area contributed by atoms with Crippen LogP contribution >= 0.6 is 0 Å². The Morgan fingerprint density at radius 1 is 0.637 bits per heavy atom. The molecule has 3 fully saturated rings. The number of aliphatic hydroxyl groups excluding tert-OH is 1. The Balaban J connectivity index is 0.0000103. The van der Waals surface area contributed by atoms with Gasteiger partial charge in [0.1, 0.15) is 54.9 Å². The Hall–Kier alpha value is -4.24. The predicted octanol–water partition coefficient (Wildman–Crippen LogP) is 3.18. The van der Waals surface area contributed by atoms with Crippen LogP contribution in [0.5, 0.6) is 0 Å². The number of nitrogens with one attached hydrogen (secondary N) is 2. The van der Waals surface area contributed by atoms with E-state index < -0.39 is 108 Å². The molecule has 20 nitrogen and oxygen atoms in total. The fourth-order valence-corrected chi connectivity index (χ4v) is 10.3. The maximum absolute atomic E-state index is 13.8. The van der Waals surface area contributed by atoms with Crippen LogP contribution in [0.2, 0.25) is 0 Å². The second-order valence-electron chi connectivity index (χ2n) is 19.9. The molecule has 3 aliphatic heterocycles. The molecule has 14 atom stereocenters. The molecule has 22 heteroatoms. The number of ether oxygens (including phenoxy) is 10. The summed E-state index contributed by atoms with van der Waals surface area (Å²) in [6.07, 6.45) is -11.3. The summed E-state index contributed by atoms with van der Waals surface area (Å²) in [7, 11) is -3.95. The largest absolute Gasteiger partial charge is 1.00 e. The second kappa shape index (κ2) is 33.2. The number of aliphatic hydroxyl groups is 1. The van der Waals surface area contributed by atoms with Crippen LogP contribution in [0, 0.1) is 0 Å². The van der Waals surface area contributed by atoms with E-state index in [-0.39, 0.29) is 74.9 Å². The van der Waals surface area contributed by atoms with Crippen LogP contribution in [0.25, 0.3) is 0 Å². The number of rotatable bonds is 29. The molecule has 2 amide bonds. The number of hydrogen-bond donors (Lipinski definition) is 3. The molecule has 80 heavy (non-hydrogen) atoms. The molecule has 3 saturated heterocycles. The van der Waals surface area contributed by atoms with E-state index in [0.29, 0.717) is 24.8 Å². The number of amides is 2. The minimum absolute atomic E-state index is 0. The number of hydrogen-bond acceptors (Lipinski definition) is 18. The third kappa shape index (κ3) is 20.3. The number of unbranched alkanes of at least 4 members (excludes halogenated alkanes) is 5. The van der Waals surface area contributed by atoms with Crippen LogP contribution in [0.4, 0.5) is 0 Å². The van der Waals surface area contributed by atoms with Crippen molar-refractivity contribution in [1.29, 1.82) is 0 Å². The molecule has 0 radical (unpaired) electrons. The van der Waals surface area contributed by atoms with Crippen molar-refractivity contribution in [3.05, 3.63) is 144 Å². The molecule has 0 aliphatic carbocycles. The molecule has 0 unspecified atom stereocenters. The van der Waals surface area contributed by atoms with Crippen molar-refractivity contribution >= 4 is 28.2 Å². The molecule has 3 heterocycles. The Morgan fingerprint density at radius 3 is 1.73 bits per heavy atom. The first-order chi connectivity index (χ1) is 38.1. The summed E-state index contributed by atoms with van der Waals surface area (Å²) < 4.78 is 106. The molecule has 432 valence electrons. The first-order valence-corrected chi connectivity index (χ1v) is 28.3. The minimum Gasteiger partial charge on any atom is -0.726 e. The molecule has 3 aliphatic rings. The topological polar surface area (TPSA) is 254 Å². The van der Waals surface area contributed by atoms with Gasteiger partial charge in [0, 0.05) is 38.5 Å². The van der Waals surface area contributed by atoms with Gasteiger partial charge >= 0.3 is 35.5 Å². The Labute approximate surface area is 491 Å². The summed E-state index contributed by atoms with van der Waals surface area (Å²) in [4.78, 5) is 38.9. The maximum Gasteiger partial charge on any atom is 1.00 e. The van der Waals surface area contributed by atoms with E-state index in [0.717, 1.165) is 42.4 Å². The third-order valence-electron chi connectivity index (χ3n) is 13.8. The zero-order valence-corrected chi connectivity index (χ0v) is 48.9. The molecule has 0 bridgehead atoms. The van der Waals surface area contributed by atoms with Crippen LogP contribution in [0.1, 0.15) is 99.2 Å². The predicted molar refractivity (Wildman–Crippen MR) is 284 cm³/mol. The van der Waals surface area contributed by atoms with Gasteiger partial charge in [0.25, 0.3) is 5.91 Å². The summed E-state index contributed by atoms with van der Waals surface area (Å²) in [5, 5.41) is 17.6. The van der Waals surface area contributed by atoms with Gasteiger partial charge in [-0.2, -0.15) is 0 Å². The number of benzene rings is 4. The normalized spacial score (nSPS) is 27.8. The van der Waals surface area contributed by atoms with Crippen LogP contribution in [-0.2, 0) is 91.4 Å². The first-order valence-electron chi connectivity index (χ1n) is 27.0. The molecular formula is C58H75N2NaO18S. The van der Waals surface area contributed by atoms with Crippen molar-refractivity contribution in [3.8, 4) is 0 Å². The molecule has 4 aromatic rings. The zero-order chi connectivity index (χ0) is 56.2. The van der Waals surface area contributed by atoms with E-state index in [1.54, 1.807) is 37.3 Å². The quantitative estimate of drug-likeness (QED) is 0.0232. The van der Waals surface area contributed by atoms with Crippen molar-refractivity contribution in [3.63, 3.8) is 0 Å². The van der Waals surface area contributed by atoms with Gasteiger partial charge < -0.3 is 67.7 Å². The zero-order valence-electron chi connectivity index (χ0n) is 46.1. The van der Waals surface area contributed by atoms with Gasteiger partial charge in [0.2, 0.25) is 16.3 Å². The summed E-state index contributed by atoms with van der Waals surface area (Å²) in [5.74, 6) is -1.23. The van der Waals surface area contributed by atoms with Gasteiger partial charge in [-0.15, -0.1) is 0 Å². The van der Waals surface area contributed by atoms with Gasteiger partial charge in [-0.05, 0) is 55.5 Å². The summed E-state index contributed by atoms with van der Waals surface area (Å²) in [6.45, 7) is 5.02. The van der Waals surface area contributed by atoms with Crippen LogP contribution in [0.3, 0.4) is 0 Å². The van der Waals surface area contributed by atoms with Crippen LogP contribution < -0.4 is 40.2 Å². The van der Waals surface area contributed by atoms with Gasteiger partial charge in [0.15, 0.2) is 18.9 Å². The summed E-state index contributed by atoms with van der Waals surface area (Å²) in [6, 6.07) is 36.0. The Kier molecular flexibility index (Phi) is 26.9. The standard InChI is InChI=1S/C58H76N2O18S.Na/c1-38-33-45(78-79(65,66)67)49(63)57(73-38)76-51-46(34-59-55(64)44-29-19-12-20-30-44)75-56(69-32-22-8-6-5-7-21-31-47(62)68-4)48(60-40(3)61)52(51)77-58-54(72-37-43-27-17-11-18-28-43)53(71-36-42-25-15-10-16-26-42)50(39(2)74-58)70-35-41-23-13-9-14-24-41;/h9-20,23-30,38-39,45-46,48-54,56-58,63H,5-8,21-22,31-37H2,1-4H3,(H,59,64)(H,60,61)(H,65,66,67);/q;+1/p-1/t38-,39+,45+,46-,48-,49-,50-,51-,52-,53-,54+,56-,57+,58+;/m1./s1. The monoisotopic (exact) mass is 1140 g/mol. The number of carbonyl (C=O) groups is 3. The van der Waals surface area contributed by atoms with E-state index in [4.69, 9.17) is 51.6 Å². The van der Waals surface area contributed by atoms with Gasteiger partial charge in [-0.25, -0.2) is 8.42 Å². The van der Waals surface area contributed by atoms with Crippen molar-refractivity contribution in [2.45, 2.75) is 178 Å². The van der Waals surface area contributed by atoms with Crippen molar-refractivity contribution < 1.29 is 114 Å². The number of methoxy groups -OCH3 is 1. The van der Waals surface area contributed by atoms with Crippen molar-refractivity contribution in [1.82, 2.24) is 10.6 Å². The maximum atomic E-state index is 13.8. The molecule has 3 N–H and O–H groups in total. The molecule has 7 rings (SSSR count). The SMILES string of the molecule is COC(=O)CCCCCCCCO[C@@H]1O[C@H](CNC(=O)c2ccccc2)[C@@H](O[C@@H]2O[C@H](C)C[C@H](OS(=O)(=O)[O-])[C@H]2O)[C@H](O[C@@H]2O[C@@H](C)[C@@H](OCc3ccccc3)[C@@H](OCc3ccccc3)[C@@H]2OCc2ccccc2)[C@H]1NC(C)=O.[Na+]. The minimum atomic E-state index is -5.32. The Bertz CT molecular complexity index is 2560. The molecule has 0 spiro atoms. The van der Waals surface area contributed by atoms with E-state index in [1.807, 2.05) is 97.9 Å². The molecule has 4 aromatic carbocycles. The van der Waals surface area contributed by atoms with E-state index in [9.17, 15) is 32.5 Å². The second-order valence-corrected chi connectivity index (χ2v) is 21.0. The van der Waals surface area contributed by atoms with E-state index >= 15 is 0 Å². The summed E-state index contributed by atoms with van der Waals surface area (Å²) >= 11 is 0. The van der Waals surface area contributed by atoms with Crippen molar-refractivity contribution in [2.24, 2.45) is 0 Å². The van der Waals surface area contributed by atoms with E-state index in [2.05, 4.69) is 10.6 Å². The van der Waals surface area contributed by atoms with Gasteiger partial charge in [0.05, 0.1) is 39.1 Å². The van der Waals surface area contributed by atoms with Gasteiger partial charge in [-0.1, -0.05) is 135 Å². The molecule has 0 saturated carbocycles. The fraction of sp³-hybridized carbons (Fsp3) is 0.534. The van der Waals surface area contributed by atoms with Crippen LogP contribution in [-0.4, -0.2) is 142 Å². The Morgan fingerprint density at radius 2 is 1.16 bits per heavy atom. The van der Waals surface area contributed by atoms with Crippen molar-refractivity contribution in [2.75, 3.05) is 20.3 Å². The number of esters is 1. The molecule has 0 aromatic heterocycles. The average Bonchev–Trinajstić information content (AvgIpc) is 3.51. The summed E-state index contributed by atoms with van der Waals surface area (Å²) in [5.41, 5.74) is 2.94. The first kappa shape index (κ1) is 64.9. The smallest absolute Gasteiger partial charge is 0.726 e. The number of carbonyl (C=O) groups excluding carboxylic acids is 3. The van der Waals surface area contributed by atoms with Crippen LogP contribution in [0.15, 0.2) is 121 Å². The van der Waals surface area contributed by atoms with E-state index in [1.165, 1.54) is 14.0 Å². The average molecular weight is 1140 g/mol. The third-order valence-corrected chi connectivity index (χ3v) is 14.3.